The second-order valence-electron chi connectivity index (χ2n) is 2.19. The number of ether oxygens (including phenoxy) is 1. The van der Waals surface area contributed by atoms with Crippen LogP contribution in [0.1, 0.15) is 0 Å². The van der Waals surface area contributed by atoms with E-state index in [2.05, 4.69) is 22.5 Å². The van der Waals surface area contributed by atoms with Crippen molar-refractivity contribution >= 4 is 15.9 Å². The molecule has 64 valence electrons. The predicted octanol–water partition coefficient (Wildman–Crippen LogP) is 2.72. The molecule has 0 saturated carbocycles. The van der Waals surface area contributed by atoms with Crippen LogP contribution in [0, 0.1) is 0 Å². The molecule has 0 aliphatic heterocycles. The molecule has 1 N–H and O–H groups in total. The Kier molecular flexibility index (Phi) is 3.17. The Balaban J connectivity index is 2.84. The van der Waals surface area contributed by atoms with E-state index in [4.69, 9.17) is 4.74 Å². The third-order valence-electron chi connectivity index (χ3n) is 1.31. The maximum atomic E-state index is 9.42. The molecule has 0 heterocycles. The number of para-hydroxylation sites is 1. The summed E-state index contributed by atoms with van der Waals surface area (Å²) in [6.45, 7) is 3.90. The van der Waals surface area contributed by atoms with Crippen LogP contribution >= 0.6 is 15.9 Å². The van der Waals surface area contributed by atoms with Crippen LogP contribution in [-0.2, 0) is 0 Å². The van der Waals surface area contributed by atoms with Gasteiger partial charge in [-0.25, -0.2) is 0 Å². The summed E-state index contributed by atoms with van der Waals surface area (Å²) in [4.78, 5) is 0. The molecule has 0 bridgehead atoms. The van der Waals surface area contributed by atoms with Crippen LogP contribution < -0.4 is 4.74 Å². The molecule has 0 amide bonds. The average Bonchev–Trinajstić information content (AvgIpc) is 2.08. The van der Waals surface area contributed by atoms with Crippen molar-refractivity contribution in [1.82, 2.24) is 0 Å². The van der Waals surface area contributed by atoms with Crippen LogP contribution in [0.4, 0.5) is 0 Å². The number of phenolic OH excluding ortho intramolecular Hbond substituents is 1. The second-order valence-corrected chi connectivity index (χ2v) is 3.04. The largest absolute Gasteiger partial charge is 0.503 e. The SMILES string of the molecule is C=CCOc1cccc(Br)c1O. The molecular weight excluding hydrogens is 220 g/mol. The second kappa shape index (κ2) is 4.16. The van der Waals surface area contributed by atoms with Gasteiger partial charge in [-0.2, -0.15) is 0 Å². The number of phenols is 1. The number of rotatable bonds is 3. The monoisotopic (exact) mass is 228 g/mol. The molecule has 1 aromatic carbocycles. The van der Waals surface area contributed by atoms with Crippen molar-refractivity contribution in [3.8, 4) is 11.5 Å². The summed E-state index contributed by atoms with van der Waals surface area (Å²) in [5.74, 6) is 0.587. The Morgan fingerprint density at radius 2 is 2.33 bits per heavy atom. The van der Waals surface area contributed by atoms with E-state index in [1.165, 1.54) is 0 Å². The molecule has 0 spiro atoms. The molecule has 12 heavy (non-hydrogen) atoms. The van der Waals surface area contributed by atoms with Gasteiger partial charge in [-0.15, -0.1) is 0 Å². The van der Waals surface area contributed by atoms with Gasteiger partial charge in [0.25, 0.3) is 0 Å². The van der Waals surface area contributed by atoms with E-state index in [1.54, 1.807) is 24.3 Å². The summed E-state index contributed by atoms with van der Waals surface area (Å²) >= 11 is 3.18. The first kappa shape index (κ1) is 9.13. The molecule has 2 nitrogen and oxygen atoms in total. The minimum absolute atomic E-state index is 0.124. The molecule has 0 aliphatic rings. The molecule has 0 saturated heterocycles. The van der Waals surface area contributed by atoms with Crippen molar-refractivity contribution in [2.75, 3.05) is 6.61 Å². The van der Waals surface area contributed by atoms with Gasteiger partial charge in [0, 0.05) is 0 Å². The Hall–Kier alpha value is -0.960. The van der Waals surface area contributed by atoms with E-state index in [0.29, 0.717) is 16.8 Å². The lowest BCUT2D eigenvalue weighted by Crippen LogP contribution is -1.92. The van der Waals surface area contributed by atoms with Crippen LogP contribution in [0.5, 0.6) is 11.5 Å². The zero-order valence-electron chi connectivity index (χ0n) is 6.46. The van der Waals surface area contributed by atoms with Crippen molar-refractivity contribution in [3.63, 3.8) is 0 Å². The maximum absolute atomic E-state index is 9.42. The predicted molar refractivity (Wildman–Crippen MR) is 51.5 cm³/mol. The standard InChI is InChI=1S/C9H9BrO2/c1-2-6-12-8-5-3-4-7(10)9(8)11/h2-5,11H,1,6H2. The molecular formula is C9H9BrO2. The summed E-state index contributed by atoms with van der Waals surface area (Å²) < 4.78 is 5.80. The topological polar surface area (TPSA) is 29.5 Å². The van der Waals surface area contributed by atoms with Gasteiger partial charge in [0.2, 0.25) is 0 Å². The van der Waals surface area contributed by atoms with E-state index < -0.39 is 0 Å². The smallest absolute Gasteiger partial charge is 0.172 e. The summed E-state index contributed by atoms with van der Waals surface area (Å²) in [7, 11) is 0. The first-order valence-electron chi connectivity index (χ1n) is 3.47. The highest BCUT2D eigenvalue weighted by molar-refractivity contribution is 9.10. The van der Waals surface area contributed by atoms with Gasteiger partial charge in [0.15, 0.2) is 11.5 Å². The third-order valence-corrected chi connectivity index (χ3v) is 1.95. The van der Waals surface area contributed by atoms with Crippen molar-refractivity contribution in [2.45, 2.75) is 0 Å². The normalized spacial score (nSPS) is 9.42. The fourth-order valence-electron chi connectivity index (χ4n) is 0.761. The number of aromatic hydroxyl groups is 1. The average molecular weight is 229 g/mol. The van der Waals surface area contributed by atoms with Crippen LogP contribution in [-0.4, -0.2) is 11.7 Å². The Bertz CT molecular complexity index is 284. The van der Waals surface area contributed by atoms with Gasteiger partial charge in [0.05, 0.1) is 4.47 Å². The molecule has 0 aromatic heterocycles. The van der Waals surface area contributed by atoms with Crippen molar-refractivity contribution in [3.05, 3.63) is 35.3 Å². The summed E-state index contributed by atoms with van der Waals surface area (Å²) in [5.41, 5.74) is 0. The lowest BCUT2D eigenvalue weighted by Gasteiger charge is -2.05. The molecule has 0 fully saturated rings. The highest BCUT2D eigenvalue weighted by Gasteiger charge is 2.03. The third kappa shape index (κ3) is 2.01. The molecule has 3 heteroatoms. The Morgan fingerprint density at radius 1 is 1.58 bits per heavy atom. The summed E-state index contributed by atoms with van der Waals surface area (Å²) in [6, 6.07) is 5.24. The highest BCUT2D eigenvalue weighted by atomic mass is 79.9. The van der Waals surface area contributed by atoms with Crippen LogP contribution in [0.3, 0.4) is 0 Å². The van der Waals surface area contributed by atoms with E-state index in [1.807, 2.05) is 0 Å². The van der Waals surface area contributed by atoms with Crippen molar-refractivity contribution < 1.29 is 9.84 Å². The van der Waals surface area contributed by atoms with Gasteiger partial charge in [-0.3, -0.25) is 0 Å². The number of hydrogen-bond acceptors (Lipinski definition) is 2. The molecule has 0 unspecified atom stereocenters. The zero-order chi connectivity index (χ0) is 8.97. The molecule has 1 rings (SSSR count). The zero-order valence-corrected chi connectivity index (χ0v) is 8.04. The number of hydrogen-bond donors (Lipinski definition) is 1. The first-order valence-corrected chi connectivity index (χ1v) is 4.26. The van der Waals surface area contributed by atoms with Gasteiger partial charge in [-0.05, 0) is 28.1 Å². The molecule has 1 aromatic rings. The summed E-state index contributed by atoms with van der Waals surface area (Å²) in [6.07, 6.45) is 1.63. The fraction of sp³-hybridized carbons (Fsp3) is 0.111. The van der Waals surface area contributed by atoms with Crippen LogP contribution in [0.25, 0.3) is 0 Å². The molecule has 0 atom stereocenters. The van der Waals surface area contributed by atoms with Crippen molar-refractivity contribution in [2.24, 2.45) is 0 Å². The van der Waals surface area contributed by atoms with Crippen LogP contribution in [0.15, 0.2) is 35.3 Å². The van der Waals surface area contributed by atoms with Gasteiger partial charge in [-0.1, -0.05) is 18.7 Å². The molecule has 0 radical (unpaired) electrons. The van der Waals surface area contributed by atoms with E-state index in [-0.39, 0.29) is 5.75 Å². The maximum Gasteiger partial charge on any atom is 0.172 e. The quantitative estimate of drug-likeness (QED) is 0.807. The molecule has 0 aliphatic carbocycles. The van der Waals surface area contributed by atoms with Crippen molar-refractivity contribution in [1.29, 1.82) is 0 Å². The van der Waals surface area contributed by atoms with Gasteiger partial charge in [0.1, 0.15) is 6.61 Å². The lowest BCUT2D eigenvalue weighted by atomic mass is 10.3. The Labute approximate surface area is 79.6 Å². The minimum atomic E-state index is 0.124. The van der Waals surface area contributed by atoms with Crippen LogP contribution in [0.2, 0.25) is 0 Å². The minimum Gasteiger partial charge on any atom is -0.503 e. The van der Waals surface area contributed by atoms with Gasteiger partial charge >= 0.3 is 0 Å². The summed E-state index contributed by atoms with van der Waals surface area (Å²) in [5, 5.41) is 9.42. The number of benzene rings is 1. The fourth-order valence-corrected chi connectivity index (χ4v) is 1.11. The lowest BCUT2D eigenvalue weighted by molar-refractivity contribution is 0.335. The van der Waals surface area contributed by atoms with E-state index >= 15 is 0 Å². The highest BCUT2D eigenvalue weighted by Crippen LogP contribution is 2.33. The first-order chi connectivity index (χ1) is 5.75. The Morgan fingerprint density at radius 3 is 3.00 bits per heavy atom. The number of halogens is 1. The van der Waals surface area contributed by atoms with E-state index in [0.717, 1.165) is 0 Å². The van der Waals surface area contributed by atoms with E-state index in [9.17, 15) is 5.11 Å². The van der Waals surface area contributed by atoms with Gasteiger partial charge < -0.3 is 9.84 Å².